The fraction of sp³-hybridized carbons (Fsp3) is 0.600. The standard InChI is InChI=1S/C15H23N7O5/c16-6(1-2-7(17)15(25)26)3-8-10(23)11(24)14(27-8)22-5-21-9-12(18)19-4-20-13(9)22/h4-8,10-11,14,23-24H,1-3,16-17H2,(H,25,26)(H2,18,19,20)/t6-,7-,8?,10+,11+,14+/m0/s1. The van der Waals surface area contributed by atoms with E-state index in [1.165, 1.54) is 17.2 Å². The third kappa shape index (κ3) is 3.84. The number of aliphatic hydroxyl groups is 2. The minimum absolute atomic E-state index is 0.195. The number of aliphatic carboxylic acids is 1. The van der Waals surface area contributed by atoms with Gasteiger partial charge in [-0.2, -0.15) is 0 Å². The van der Waals surface area contributed by atoms with Gasteiger partial charge in [0.25, 0.3) is 0 Å². The zero-order valence-corrected chi connectivity index (χ0v) is 14.4. The number of fused-ring (bicyclic) bond motifs is 1. The second-order valence-electron chi connectivity index (χ2n) is 6.65. The number of nitrogen functional groups attached to an aromatic ring is 1. The number of aliphatic hydroxyl groups excluding tert-OH is 2. The molecule has 1 saturated heterocycles. The molecule has 1 unspecified atom stereocenters. The molecular formula is C15H23N7O5. The summed E-state index contributed by atoms with van der Waals surface area (Å²) >= 11 is 0. The minimum Gasteiger partial charge on any atom is -0.480 e. The van der Waals surface area contributed by atoms with E-state index in [4.69, 9.17) is 27.0 Å². The van der Waals surface area contributed by atoms with E-state index in [-0.39, 0.29) is 18.7 Å². The number of imidazole rings is 1. The number of rotatable bonds is 7. The number of nitrogens with zero attached hydrogens (tertiary/aromatic N) is 4. The van der Waals surface area contributed by atoms with Crippen LogP contribution in [0.1, 0.15) is 25.5 Å². The molecule has 12 nitrogen and oxygen atoms in total. The zero-order valence-electron chi connectivity index (χ0n) is 14.4. The van der Waals surface area contributed by atoms with Crippen LogP contribution < -0.4 is 17.2 Å². The predicted molar refractivity (Wildman–Crippen MR) is 93.1 cm³/mol. The Morgan fingerprint density at radius 1 is 1.22 bits per heavy atom. The lowest BCUT2D eigenvalue weighted by Crippen LogP contribution is -2.37. The molecule has 0 spiro atoms. The quantitative estimate of drug-likeness (QED) is 0.307. The van der Waals surface area contributed by atoms with Gasteiger partial charge in [0.05, 0.1) is 12.4 Å². The summed E-state index contributed by atoms with van der Waals surface area (Å²) in [4.78, 5) is 22.8. The lowest BCUT2D eigenvalue weighted by molar-refractivity contribution is -0.138. The highest BCUT2D eigenvalue weighted by Gasteiger charge is 2.44. The van der Waals surface area contributed by atoms with Crippen molar-refractivity contribution in [3.63, 3.8) is 0 Å². The van der Waals surface area contributed by atoms with Crippen LogP contribution in [0.25, 0.3) is 11.2 Å². The van der Waals surface area contributed by atoms with Gasteiger partial charge in [0.15, 0.2) is 17.7 Å². The highest BCUT2D eigenvalue weighted by Crippen LogP contribution is 2.33. The summed E-state index contributed by atoms with van der Waals surface area (Å²) in [7, 11) is 0. The van der Waals surface area contributed by atoms with Crippen LogP contribution in [0, 0.1) is 0 Å². The zero-order chi connectivity index (χ0) is 19.7. The van der Waals surface area contributed by atoms with E-state index in [0.29, 0.717) is 17.6 Å². The summed E-state index contributed by atoms with van der Waals surface area (Å²) in [5.41, 5.74) is 18.0. The van der Waals surface area contributed by atoms with Crippen molar-refractivity contribution in [1.82, 2.24) is 19.5 Å². The molecule has 0 saturated carbocycles. The SMILES string of the molecule is Nc1ncnc2c1ncn2[C@@H]1OC(C[C@@H](N)CC[C@H](N)C(=O)O)[C@@H](O)[C@H]1O. The summed E-state index contributed by atoms with van der Waals surface area (Å²) < 4.78 is 7.28. The average molecular weight is 381 g/mol. The number of nitrogens with two attached hydrogens (primary N) is 3. The largest absolute Gasteiger partial charge is 0.480 e. The maximum atomic E-state index is 10.8. The molecule has 27 heavy (non-hydrogen) atoms. The van der Waals surface area contributed by atoms with E-state index < -0.39 is 42.6 Å². The van der Waals surface area contributed by atoms with Crippen LogP contribution in [0.4, 0.5) is 5.82 Å². The fourth-order valence-electron chi connectivity index (χ4n) is 3.14. The molecule has 3 heterocycles. The number of carbonyl (C=O) groups is 1. The summed E-state index contributed by atoms with van der Waals surface area (Å²) in [6, 6.07) is -1.44. The Kier molecular flexibility index (Phi) is 5.53. The molecule has 3 rings (SSSR count). The van der Waals surface area contributed by atoms with Gasteiger partial charge in [0.2, 0.25) is 0 Å². The molecule has 1 aliphatic rings. The van der Waals surface area contributed by atoms with Crippen LogP contribution >= 0.6 is 0 Å². The Hall–Kier alpha value is -2.38. The second kappa shape index (κ2) is 7.70. The summed E-state index contributed by atoms with van der Waals surface area (Å²) in [5, 5.41) is 29.5. The van der Waals surface area contributed by atoms with Gasteiger partial charge in [-0.15, -0.1) is 0 Å². The van der Waals surface area contributed by atoms with Crippen molar-refractivity contribution in [2.45, 2.75) is 55.9 Å². The summed E-state index contributed by atoms with van der Waals surface area (Å²) in [6.45, 7) is 0. The van der Waals surface area contributed by atoms with Gasteiger partial charge in [-0.25, -0.2) is 15.0 Å². The second-order valence-corrected chi connectivity index (χ2v) is 6.65. The monoisotopic (exact) mass is 381 g/mol. The third-order valence-electron chi connectivity index (χ3n) is 4.70. The number of carboxylic acid groups (broad SMARTS) is 1. The molecule has 0 aromatic carbocycles. The number of carboxylic acids is 1. The van der Waals surface area contributed by atoms with Gasteiger partial charge in [-0.05, 0) is 19.3 Å². The maximum Gasteiger partial charge on any atom is 0.320 e. The van der Waals surface area contributed by atoms with Gasteiger partial charge in [-0.1, -0.05) is 0 Å². The van der Waals surface area contributed by atoms with E-state index in [0.717, 1.165) is 0 Å². The van der Waals surface area contributed by atoms with Crippen LogP contribution in [0.5, 0.6) is 0 Å². The van der Waals surface area contributed by atoms with Gasteiger partial charge >= 0.3 is 5.97 Å². The Bertz CT molecular complexity index is 815. The normalized spacial score (nSPS) is 27.7. The van der Waals surface area contributed by atoms with E-state index >= 15 is 0 Å². The van der Waals surface area contributed by atoms with Gasteiger partial charge in [0, 0.05) is 6.04 Å². The Morgan fingerprint density at radius 2 is 1.96 bits per heavy atom. The Balaban J connectivity index is 1.68. The number of hydrogen-bond acceptors (Lipinski definition) is 10. The average Bonchev–Trinajstić information content (AvgIpc) is 3.17. The van der Waals surface area contributed by atoms with Crippen LogP contribution in [0.3, 0.4) is 0 Å². The highest BCUT2D eigenvalue weighted by atomic mass is 16.6. The predicted octanol–water partition coefficient (Wildman–Crippen LogP) is -2.06. The first-order valence-corrected chi connectivity index (χ1v) is 8.48. The Morgan fingerprint density at radius 3 is 2.67 bits per heavy atom. The van der Waals surface area contributed by atoms with E-state index in [9.17, 15) is 15.0 Å². The first-order valence-electron chi connectivity index (χ1n) is 8.48. The van der Waals surface area contributed by atoms with E-state index in [1.807, 2.05) is 0 Å². The molecule has 6 atom stereocenters. The van der Waals surface area contributed by atoms with Crippen LogP contribution in [-0.4, -0.2) is 71.2 Å². The van der Waals surface area contributed by atoms with Crippen LogP contribution in [0.15, 0.2) is 12.7 Å². The van der Waals surface area contributed by atoms with Crippen molar-refractivity contribution in [2.24, 2.45) is 11.5 Å². The number of hydrogen-bond donors (Lipinski definition) is 6. The molecule has 0 aliphatic carbocycles. The third-order valence-corrected chi connectivity index (χ3v) is 4.70. The first-order chi connectivity index (χ1) is 12.8. The minimum atomic E-state index is -1.22. The molecule has 1 fully saturated rings. The fourth-order valence-corrected chi connectivity index (χ4v) is 3.14. The molecule has 0 radical (unpaired) electrons. The van der Waals surface area contributed by atoms with Crippen molar-refractivity contribution >= 4 is 23.0 Å². The first kappa shape index (κ1) is 19.4. The molecule has 2 aromatic rings. The van der Waals surface area contributed by atoms with Crippen molar-refractivity contribution in [1.29, 1.82) is 0 Å². The summed E-state index contributed by atoms with van der Waals surface area (Å²) in [5.74, 6) is -0.900. The number of aromatic nitrogens is 4. The molecular weight excluding hydrogens is 358 g/mol. The Labute approximate surface area is 154 Å². The molecule has 12 heteroatoms. The maximum absolute atomic E-state index is 10.8. The van der Waals surface area contributed by atoms with Crippen molar-refractivity contribution in [2.75, 3.05) is 5.73 Å². The molecule has 148 valence electrons. The van der Waals surface area contributed by atoms with E-state index in [1.54, 1.807) is 0 Å². The van der Waals surface area contributed by atoms with Crippen molar-refractivity contribution < 1.29 is 24.9 Å². The smallest absolute Gasteiger partial charge is 0.320 e. The van der Waals surface area contributed by atoms with Crippen molar-refractivity contribution in [3.05, 3.63) is 12.7 Å². The lowest BCUT2D eigenvalue weighted by atomic mass is 9.98. The van der Waals surface area contributed by atoms with Crippen LogP contribution in [-0.2, 0) is 9.53 Å². The van der Waals surface area contributed by atoms with Crippen LogP contribution in [0.2, 0.25) is 0 Å². The lowest BCUT2D eigenvalue weighted by Gasteiger charge is -2.20. The van der Waals surface area contributed by atoms with Gasteiger partial charge < -0.3 is 37.3 Å². The molecule has 0 amide bonds. The molecule has 2 aromatic heterocycles. The van der Waals surface area contributed by atoms with Gasteiger partial charge in [-0.3, -0.25) is 9.36 Å². The number of ether oxygens (including phenoxy) is 1. The van der Waals surface area contributed by atoms with Gasteiger partial charge in [0.1, 0.15) is 30.1 Å². The molecule has 1 aliphatic heterocycles. The molecule has 0 bridgehead atoms. The topological polar surface area (TPSA) is 209 Å². The van der Waals surface area contributed by atoms with E-state index in [2.05, 4.69) is 15.0 Å². The molecule has 9 N–H and O–H groups in total. The summed E-state index contributed by atoms with van der Waals surface area (Å²) in [6.07, 6.45) is -0.604. The number of anilines is 1. The highest BCUT2D eigenvalue weighted by molar-refractivity contribution is 5.81. The van der Waals surface area contributed by atoms with Crippen molar-refractivity contribution in [3.8, 4) is 0 Å².